The maximum absolute atomic E-state index is 11.5. The van der Waals surface area contributed by atoms with Gasteiger partial charge in [0, 0.05) is 37.0 Å². The quantitative estimate of drug-likeness (QED) is 0.635. The molecule has 0 aliphatic rings. The number of hydrogen-bond donors (Lipinski definition) is 3. The monoisotopic (exact) mass is 285 g/mol. The zero-order valence-corrected chi connectivity index (χ0v) is 11.7. The molecule has 0 aliphatic carbocycles. The zero-order chi connectivity index (χ0) is 14.1. The number of carboxylic acids is 1. The van der Waals surface area contributed by atoms with Crippen LogP contribution >= 0.6 is 11.3 Å². The molecule has 7 heteroatoms. The molecular weight excluding hydrogens is 266 g/mol. The summed E-state index contributed by atoms with van der Waals surface area (Å²) in [4.78, 5) is 25.9. The van der Waals surface area contributed by atoms with Gasteiger partial charge >= 0.3 is 12.0 Å². The molecule has 1 rings (SSSR count). The number of carboxylic acid groups (broad SMARTS) is 1. The third-order valence-corrected chi connectivity index (χ3v) is 3.55. The first-order valence-corrected chi connectivity index (χ1v) is 7.10. The van der Waals surface area contributed by atoms with Gasteiger partial charge in [0.05, 0.1) is 5.01 Å². The van der Waals surface area contributed by atoms with Crippen molar-refractivity contribution in [3.63, 3.8) is 0 Å². The largest absolute Gasteiger partial charge is 0.481 e. The molecule has 1 atom stereocenters. The van der Waals surface area contributed by atoms with E-state index in [1.165, 1.54) is 0 Å². The van der Waals surface area contributed by atoms with E-state index >= 15 is 0 Å². The predicted molar refractivity (Wildman–Crippen MR) is 73.4 cm³/mol. The van der Waals surface area contributed by atoms with E-state index in [-0.39, 0.29) is 18.4 Å². The summed E-state index contributed by atoms with van der Waals surface area (Å²) in [5.41, 5.74) is 0. The van der Waals surface area contributed by atoms with Crippen LogP contribution in [0, 0.1) is 0 Å². The second-order valence-electron chi connectivity index (χ2n) is 4.26. The SMILES string of the molecule is CC(CNC(=O)NCCCCC(=O)O)c1nccs1. The highest BCUT2D eigenvalue weighted by molar-refractivity contribution is 7.09. The minimum atomic E-state index is -0.804. The van der Waals surface area contributed by atoms with Gasteiger partial charge in [0.15, 0.2) is 0 Å². The third kappa shape index (κ3) is 6.76. The summed E-state index contributed by atoms with van der Waals surface area (Å²) >= 11 is 1.57. The average molecular weight is 285 g/mol. The highest BCUT2D eigenvalue weighted by atomic mass is 32.1. The van der Waals surface area contributed by atoms with Crippen molar-refractivity contribution in [3.05, 3.63) is 16.6 Å². The smallest absolute Gasteiger partial charge is 0.314 e. The summed E-state index contributed by atoms with van der Waals surface area (Å²) < 4.78 is 0. The van der Waals surface area contributed by atoms with E-state index < -0.39 is 5.97 Å². The van der Waals surface area contributed by atoms with Gasteiger partial charge in [0.2, 0.25) is 0 Å². The van der Waals surface area contributed by atoms with Gasteiger partial charge in [-0.2, -0.15) is 0 Å². The molecular formula is C12H19N3O3S. The van der Waals surface area contributed by atoms with Crippen molar-refractivity contribution in [2.24, 2.45) is 0 Å². The Balaban J connectivity index is 2.06. The van der Waals surface area contributed by atoms with Gasteiger partial charge in [-0.1, -0.05) is 6.92 Å². The normalized spacial score (nSPS) is 11.8. The average Bonchev–Trinajstić information content (AvgIpc) is 2.89. The number of thiazole rings is 1. The van der Waals surface area contributed by atoms with Crippen LogP contribution in [0.1, 0.15) is 37.1 Å². The minimum Gasteiger partial charge on any atom is -0.481 e. The Kier molecular flexibility index (Phi) is 6.88. The highest BCUT2D eigenvalue weighted by Gasteiger charge is 2.09. The topological polar surface area (TPSA) is 91.3 Å². The molecule has 0 aliphatic heterocycles. The van der Waals surface area contributed by atoms with Crippen molar-refractivity contribution in [3.8, 4) is 0 Å². The van der Waals surface area contributed by atoms with Crippen molar-refractivity contribution in [2.75, 3.05) is 13.1 Å². The van der Waals surface area contributed by atoms with Gasteiger partial charge in [0.25, 0.3) is 0 Å². The lowest BCUT2D eigenvalue weighted by molar-refractivity contribution is -0.137. The summed E-state index contributed by atoms with van der Waals surface area (Å²) in [6.07, 6.45) is 3.14. The number of nitrogens with one attached hydrogen (secondary N) is 2. The predicted octanol–water partition coefficient (Wildman–Crippen LogP) is 1.80. The molecule has 0 saturated heterocycles. The molecule has 0 radical (unpaired) electrons. The molecule has 19 heavy (non-hydrogen) atoms. The lowest BCUT2D eigenvalue weighted by Gasteiger charge is -2.11. The number of carbonyl (C=O) groups is 2. The van der Waals surface area contributed by atoms with Gasteiger partial charge in [-0.15, -0.1) is 11.3 Å². The number of aliphatic carboxylic acids is 1. The van der Waals surface area contributed by atoms with E-state index in [0.717, 1.165) is 5.01 Å². The molecule has 0 saturated carbocycles. The number of aromatic nitrogens is 1. The second-order valence-corrected chi connectivity index (χ2v) is 5.19. The molecule has 3 N–H and O–H groups in total. The molecule has 1 unspecified atom stereocenters. The zero-order valence-electron chi connectivity index (χ0n) is 10.9. The van der Waals surface area contributed by atoms with Crippen molar-refractivity contribution in [1.82, 2.24) is 15.6 Å². The van der Waals surface area contributed by atoms with Crippen LogP contribution in [0.4, 0.5) is 4.79 Å². The van der Waals surface area contributed by atoms with E-state index in [1.807, 2.05) is 12.3 Å². The molecule has 0 fully saturated rings. The fourth-order valence-electron chi connectivity index (χ4n) is 1.48. The summed E-state index contributed by atoms with van der Waals surface area (Å²) in [6.45, 7) is 3.03. The Morgan fingerprint density at radius 3 is 2.84 bits per heavy atom. The third-order valence-electron chi connectivity index (χ3n) is 2.54. The molecule has 1 heterocycles. The van der Waals surface area contributed by atoms with Crippen LogP contribution < -0.4 is 10.6 Å². The Labute approximate surface area is 116 Å². The summed E-state index contributed by atoms with van der Waals surface area (Å²) in [7, 11) is 0. The Morgan fingerprint density at radius 1 is 1.42 bits per heavy atom. The number of carbonyl (C=O) groups excluding carboxylic acids is 1. The van der Waals surface area contributed by atoms with Crippen molar-refractivity contribution >= 4 is 23.3 Å². The van der Waals surface area contributed by atoms with Gasteiger partial charge in [0.1, 0.15) is 0 Å². The lowest BCUT2D eigenvalue weighted by atomic mass is 10.2. The maximum atomic E-state index is 11.5. The van der Waals surface area contributed by atoms with Crippen LogP contribution in [-0.4, -0.2) is 35.2 Å². The van der Waals surface area contributed by atoms with Crippen molar-refractivity contribution in [1.29, 1.82) is 0 Å². The Hall–Kier alpha value is -1.63. The first-order valence-electron chi connectivity index (χ1n) is 6.22. The number of urea groups is 1. The van der Waals surface area contributed by atoms with E-state index in [9.17, 15) is 9.59 Å². The lowest BCUT2D eigenvalue weighted by Crippen LogP contribution is -2.37. The van der Waals surface area contributed by atoms with Crippen molar-refractivity contribution in [2.45, 2.75) is 32.1 Å². The number of amides is 2. The Bertz CT molecular complexity index is 395. The standard InChI is InChI=1S/C12H19N3O3S/c1-9(11-13-6-7-19-11)8-15-12(18)14-5-3-2-4-10(16)17/h6-7,9H,2-5,8H2,1H3,(H,16,17)(H2,14,15,18). The fraction of sp³-hybridized carbons (Fsp3) is 0.583. The van der Waals surface area contributed by atoms with E-state index in [0.29, 0.717) is 25.9 Å². The summed E-state index contributed by atoms with van der Waals surface area (Å²) in [6, 6.07) is -0.223. The van der Waals surface area contributed by atoms with E-state index in [4.69, 9.17) is 5.11 Å². The van der Waals surface area contributed by atoms with Crippen LogP contribution in [0.2, 0.25) is 0 Å². The molecule has 6 nitrogen and oxygen atoms in total. The number of rotatable bonds is 8. The van der Waals surface area contributed by atoms with Gasteiger partial charge in [-0.3, -0.25) is 4.79 Å². The van der Waals surface area contributed by atoms with Crippen molar-refractivity contribution < 1.29 is 14.7 Å². The molecule has 106 valence electrons. The molecule has 0 bridgehead atoms. The van der Waals surface area contributed by atoms with E-state index in [2.05, 4.69) is 15.6 Å². The Morgan fingerprint density at radius 2 is 2.21 bits per heavy atom. The summed E-state index contributed by atoms with van der Waals surface area (Å²) in [5, 5.41) is 16.8. The molecule has 0 aromatic carbocycles. The van der Waals surface area contributed by atoms with Crippen LogP contribution in [0.25, 0.3) is 0 Å². The number of nitrogens with zero attached hydrogens (tertiary/aromatic N) is 1. The van der Waals surface area contributed by atoms with Crippen LogP contribution in [0.3, 0.4) is 0 Å². The van der Waals surface area contributed by atoms with Gasteiger partial charge in [-0.05, 0) is 12.8 Å². The van der Waals surface area contributed by atoms with Gasteiger partial charge in [-0.25, -0.2) is 9.78 Å². The number of hydrogen-bond acceptors (Lipinski definition) is 4. The first kappa shape index (κ1) is 15.4. The number of unbranched alkanes of at least 4 members (excludes halogenated alkanes) is 1. The highest BCUT2D eigenvalue weighted by Crippen LogP contribution is 2.16. The molecule has 0 spiro atoms. The second kappa shape index (κ2) is 8.47. The summed E-state index contributed by atoms with van der Waals surface area (Å²) in [5.74, 6) is -0.612. The first-order chi connectivity index (χ1) is 9.09. The van der Waals surface area contributed by atoms with Crippen LogP contribution in [0.15, 0.2) is 11.6 Å². The minimum absolute atomic E-state index is 0.143. The van der Waals surface area contributed by atoms with E-state index in [1.54, 1.807) is 17.5 Å². The van der Waals surface area contributed by atoms with Crippen LogP contribution in [-0.2, 0) is 4.79 Å². The fourth-order valence-corrected chi connectivity index (χ4v) is 2.18. The molecule has 1 aromatic heterocycles. The molecule has 2 amide bonds. The maximum Gasteiger partial charge on any atom is 0.314 e. The van der Waals surface area contributed by atoms with Gasteiger partial charge < -0.3 is 15.7 Å². The molecule has 1 aromatic rings. The van der Waals surface area contributed by atoms with Crippen LogP contribution in [0.5, 0.6) is 0 Å².